The molecular formula is C24H29N3O5. The topological polar surface area (TPSA) is 96.2 Å². The molecule has 2 aromatic rings. The molecule has 1 saturated heterocycles. The van der Waals surface area contributed by atoms with Gasteiger partial charge >= 0.3 is 0 Å². The number of carbonyl (C=O) groups is 2. The first-order valence-electron chi connectivity index (χ1n) is 10.7. The van der Waals surface area contributed by atoms with Gasteiger partial charge in [-0.25, -0.2) is 0 Å². The van der Waals surface area contributed by atoms with Gasteiger partial charge < -0.3 is 24.4 Å². The number of hydrogen-bond donors (Lipinski definition) is 1. The van der Waals surface area contributed by atoms with Crippen molar-refractivity contribution in [2.45, 2.75) is 19.9 Å². The van der Waals surface area contributed by atoms with Gasteiger partial charge in [0.05, 0.1) is 46.4 Å². The third-order valence-electron chi connectivity index (χ3n) is 5.91. The number of para-hydroxylation sites is 1. The minimum atomic E-state index is -0.865. The van der Waals surface area contributed by atoms with Crippen molar-refractivity contribution >= 4 is 17.4 Å². The number of aromatic nitrogens is 1. The van der Waals surface area contributed by atoms with E-state index in [0.29, 0.717) is 35.7 Å². The Morgan fingerprint density at radius 1 is 1.09 bits per heavy atom. The molecule has 0 saturated carbocycles. The van der Waals surface area contributed by atoms with Crippen LogP contribution in [0.25, 0.3) is 5.76 Å². The molecule has 1 aliphatic heterocycles. The molecule has 1 unspecified atom stereocenters. The Bertz CT molecular complexity index is 1000. The quantitative estimate of drug-likeness (QED) is 0.342. The van der Waals surface area contributed by atoms with E-state index >= 15 is 0 Å². The van der Waals surface area contributed by atoms with Crippen molar-refractivity contribution in [3.05, 3.63) is 59.4 Å². The van der Waals surface area contributed by atoms with Gasteiger partial charge in [-0.1, -0.05) is 17.9 Å². The average Bonchev–Trinajstić information content (AvgIpc) is 3.08. The van der Waals surface area contributed by atoms with Gasteiger partial charge in [-0.2, -0.15) is 0 Å². The Morgan fingerprint density at radius 2 is 1.78 bits per heavy atom. The molecule has 8 nitrogen and oxygen atoms in total. The van der Waals surface area contributed by atoms with Crippen molar-refractivity contribution in [2.75, 3.05) is 40.4 Å². The van der Waals surface area contributed by atoms with Crippen molar-refractivity contribution < 1.29 is 29.1 Å². The maximum atomic E-state index is 13.4. The smallest absolute Gasteiger partial charge is 0.295 e. The third kappa shape index (κ3) is 4.31. The third-order valence-corrected chi connectivity index (χ3v) is 5.91. The van der Waals surface area contributed by atoms with Gasteiger partial charge in [0, 0.05) is 23.5 Å². The normalized spacial score (nSPS) is 17.8. The summed E-state index contributed by atoms with van der Waals surface area (Å²) in [4.78, 5) is 32.9. The number of ether oxygens (including phenoxy) is 2. The fraction of sp³-hybridized carbons (Fsp3) is 0.375. The lowest BCUT2D eigenvalue weighted by Gasteiger charge is -2.29. The molecule has 0 bridgehead atoms. The van der Waals surface area contributed by atoms with Gasteiger partial charge in [-0.3, -0.25) is 14.6 Å². The van der Waals surface area contributed by atoms with Gasteiger partial charge in [0.1, 0.15) is 0 Å². The highest BCUT2D eigenvalue weighted by Crippen LogP contribution is 2.44. The molecule has 1 N–H and O–H groups in total. The highest BCUT2D eigenvalue weighted by Gasteiger charge is 2.45. The Balaban J connectivity index is 2.19. The van der Waals surface area contributed by atoms with Crippen LogP contribution in [0, 0.1) is 0 Å². The number of Topliss-reactive ketones (excluding diaryl/α,β-unsaturated/α-hetero) is 1. The first-order chi connectivity index (χ1) is 15.5. The zero-order chi connectivity index (χ0) is 23.3. The first-order valence-corrected chi connectivity index (χ1v) is 10.7. The fourth-order valence-electron chi connectivity index (χ4n) is 4.09. The SMILES string of the molecule is CC[NH+](CC)CCN1C(=O)C(=O)C(=C([O-])c2ccncc2)C1c1cccc(OC)c1OC. The number of carbonyl (C=O) groups excluding carboxylic acids is 2. The summed E-state index contributed by atoms with van der Waals surface area (Å²) in [6.45, 7) is 6.93. The standard InChI is InChI=1S/C24H29N3O5/c1-5-26(6-2)14-15-27-20(17-8-7-9-18(31-3)23(17)32-4)19(22(29)24(27)30)21(28)16-10-12-25-13-11-16/h7-13,20,28H,5-6,14-15H2,1-4H3. The number of likely N-dealkylation sites (N-methyl/N-ethyl adjacent to an activating group) is 1. The molecule has 32 heavy (non-hydrogen) atoms. The summed E-state index contributed by atoms with van der Waals surface area (Å²) in [6, 6.07) is 7.46. The average molecular weight is 440 g/mol. The molecule has 1 fully saturated rings. The summed E-state index contributed by atoms with van der Waals surface area (Å²) in [7, 11) is 3.01. The van der Waals surface area contributed by atoms with E-state index in [0.717, 1.165) is 13.1 Å². The lowest BCUT2D eigenvalue weighted by Crippen LogP contribution is -3.12. The summed E-state index contributed by atoms with van der Waals surface area (Å²) in [5, 5.41) is 13.4. The molecule has 1 aromatic carbocycles. The zero-order valence-electron chi connectivity index (χ0n) is 18.9. The van der Waals surface area contributed by atoms with Crippen molar-refractivity contribution in [3.8, 4) is 11.5 Å². The van der Waals surface area contributed by atoms with E-state index in [1.807, 2.05) is 0 Å². The van der Waals surface area contributed by atoms with Crippen molar-refractivity contribution in [1.82, 2.24) is 9.88 Å². The highest BCUT2D eigenvalue weighted by atomic mass is 16.5. The molecule has 0 radical (unpaired) electrons. The number of nitrogens with one attached hydrogen (secondary N) is 1. The zero-order valence-corrected chi connectivity index (χ0v) is 18.9. The maximum absolute atomic E-state index is 13.4. The van der Waals surface area contributed by atoms with E-state index in [4.69, 9.17) is 9.47 Å². The monoisotopic (exact) mass is 439 g/mol. The number of amides is 1. The van der Waals surface area contributed by atoms with Crippen LogP contribution in [0.4, 0.5) is 0 Å². The Morgan fingerprint density at radius 3 is 2.38 bits per heavy atom. The summed E-state index contributed by atoms with van der Waals surface area (Å²) >= 11 is 0. The van der Waals surface area contributed by atoms with Gasteiger partial charge in [-0.15, -0.1) is 0 Å². The van der Waals surface area contributed by atoms with Crippen molar-refractivity contribution in [2.24, 2.45) is 0 Å². The molecule has 1 atom stereocenters. The van der Waals surface area contributed by atoms with E-state index in [9.17, 15) is 14.7 Å². The van der Waals surface area contributed by atoms with Crippen LogP contribution in [0.5, 0.6) is 11.5 Å². The van der Waals surface area contributed by atoms with Gasteiger partial charge in [0.15, 0.2) is 11.5 Å². The predicted octanol–water partition coefficient (Wildman–Crippen LogP) is 0.248. The van der Waals surface area contributed by atoms with Crippen molar-refractivity contribution in [1.29, 1.82) is 0 Å². The molecule has 170 valence electrons. The van der Waals surface area contributed by atoms with E-state index in [1.165, 1.54) is 48.5 Å². The number of pyridine rings is 1. The lowest BCUT2D eigenvalue weighted by molar-refractivity contribution is -0.895. The summed E-state index contributed by atoms with van der Waals surface area (Å²) < 4.78 is 11.0. The number of nitrogens with zero attached hydrogens (tertiary/aromatic N) is 2. The fourth-order valence-corrected chi connectivity index (χ4v) is 4.09. The molecule has 0 aliphatic carbocycles. The van der Waals surface area contributed by atoms with E-state index in [-0.39, 0.29) is 5.57 Å². The molecule has 1 aromatic heterocycles. The molecule has 1 amide bonds. The number of likely N-dealkylation sites (tertiary alicyclic amines) is 1. The van der Waals surface area contributed by atoms with Crippen molar-refractivity contribution in [3.63, 3.8) is 0 Å². The Labute approximate surface area is 188 Å². The van der Waals surface area contributed by atoms with Crippen LogP contribution in [0.15, 0.2) is 48.3 Å². The minimum Gasteiger partial charge on any atom is -0.872 e. The van der Waals surface area contributed by atoms with Crippen LogP contribution in [0.2, 0.25) is 0 Å². The van der Waals surface area contributed by atoms with Crippen LogP contribution in [0.3, 0.4) is 0 Å². The predicted molar refractivity (Wildman–Crippen MR) is 117 cm³/mol. The van der Waals surface area contributed by atoms with E-state index in [1.54, 1.807) is 18.2 Å². The van der Waals surface area contributed by atoms with Crippen LogP contribution < -0.4 is 19.5 Å². The Kier molecular flexibility index (Phi) is 7.48. The maximum Gasteiger partial charge on any atom is 0.295 e. The number of hydrogen-bond acceptors (Lipinski definition) is 6. The summed E-state index contributed by atoms with van der Waals surface area (Å²) in [5.74, 6) is -1.09. The second kappa shape index (κ2) is 10.3. The highest BCUT2D eigenvalue weighted by molar-refractivity contribution is 6.46. The van der Waals surface area contributed by atoms with Crippen LogP contribution in [0.1, 0.15) is 31.0 Å². The molecule has 0 spiro atoms. The summed E-state index contributed by atoms with van der Waals surface area (Å²) in [6.07, 6.45) is 2.97. The van der Waals surface area contributed by atoms with Gasteiger partial charge in [0.2, 0.25) is 5.78 Å². The second-order valence-corrected chi connectivity index (χ2v) is 7.50. The van der Waals surface area contributed by atoms with Crippen LogP contribution in [-0.4, -0.2) is 62.0 Å². The Hall–Kier alpha value is -3.39. The first kappa shape index (κ1) is 23.3. The van der Waals surface area contributed by atoms with E-state index < -0.39 is 23.5 Å². The van der Waals surface area contributed by atoms with Crippen LogP contribution in [-0.2, 0) is 9.59 Å². The molecular weight excluding hydrogens is 410 g/mol. The van der Waals surface area contributed by atoms with E-state index in [2.05, 4.69) is 18.8 Å². The molecule has 3 rings (SSSR count). The number of ketones is 1. The minimum absolute atomic E-state index is 0.0812. The van der Waals surface area contributed by atoms with Gasteiger partial charge in [-0.05, 0) is 37.6 Å². The van der Waals surface area contributed by atoms with Gasteiger partial charge in [0.25, 0.3) is 5.91 Å². The number of quaternary nitrogens is 1. The largest absolute Gasteiger partial charge is 0.872 e. The molecule has 8 heteroatoms. The van der Waals surface area contributed by atoms with Crippen LogP contribution >= 0.6 is 0 Å². The lowest BCUT2D eigenvalue weighted by atomic mass is 9.94. The number of rotatable bonds is 9. The molecule has 2 heterocycles. The second-order valence-electron chi connectivity index (χ2n) is 7.50. The summed E-state index contributed by atoms with van der Waals surface area (Å²) in [5.41, 5.74) is 0.763. The molecule has 1 aliphatic rings. The number of methoxy groups -OCH3 is 2. The number of benzene rings is 1.